The molecule has 0 radical (unpaired) electrons. The van der Waals surface area contributed by atoms with Crippen molar-refractivity contribution in [2.45, 2.75) is 44.1 Å². The van der Waals surface area contributed by atoms with Crippen LogP contribution in [0.5, 0.6) is 0 Å². The predicted octanol–water partition coefficient (Wildman–Crippen LogP) is 3.29. The van der Waals surface area contributed by atoms with Gasteiger partial charge in [0.1, 0.15) is 5.82 Å². The highest BCUT2D eigenvalue weighted by molar-refractivity contribution is 5.74. The molecule has 0 spiro atoms. The van der Waals surface area contributed by atoms with Crippen molar-refractivity contribution in [3.63, 3.8) is 0 Å². The van der Waals surface area contributed by atoms with Crippen LogP contribution in [0.25, 0.3) is 11.0 Å². The van der Waals surface area contributed by atoms with Crippen LogP contribution in [-0.4, -0.2) is 34.0 Å². The van der Waals surface area contributed by atoms with E-state index >= 15 is 0 Å². The summed E-state index contributed by atoms with van der Waals surface area (Å²) in [4.78, 5) is 11.0. The lowest BCUT2D eigenvalue weighted by molar-refractivity contribution is 0.0965. The van der Waals surface area contributed by atoms with Gasteiger partial charge in [-0.15, -0.1) is 0 Å². The number of imidazole rings is 1. The molecule has 1 aromatic carbocycles. The first-order valence-corrected chi connectivity index (χ1v) is 7.59. The summed E-state index contributed by atoms with van der Waals surface area (Å²) >= 11 is 0. The summed E-state index contributed by atoms with van der Waals surface area (Å²) in [7, 11) is 0. The van der Waals surface area contributed by atoms with E-state index in [1.165, 1.54) is 56.5 Å². The zero-order valence-electron chi connectivity index (χ0n) is 11.3. The lowest BCUT2D eigenvalue weighted by Gasteiger charge is -2.41. The molecule has 2 aromatic rings. The van der Waals surface area contributed by atoms with Crippen LogP contribution in [0.1, 0.15) is 43.8 Å². The van der Waals surface area contributed by atoms with Gasteiger partial charge in [-0.3, -0.25) is 0 Å². The van der Waals surface area contributed by atoms with Crippen LogP contribution in [0.3, 0.4) is 0 Å². The van der Waals surface area contributed by atoms with Gasteiger partial charge in [0.25, 0.3) is 0 Å². The smallest absolute Gasteiger partial charge is 0.110 e. The van der Waals surface area contributed by atoms with E-state index in [9.17, 15) is 0 Å². The average molecular weight is 255 g/mol. The topological polar surface area (TPSA) is 31.9 Å². The number of benzene rings is 1. The van der Waals surface area contributed by atoms with E-state index in [0.717, 1.165) is 11.6 Å². The average Bonchev–Trinajstić information content (AvgIpc) is 2.81. The van der Waals surface area contributed by atoms with Crippen LogP contribution in [0.15, 0.2) is 24.3 Å². The predicted molar refractivity (Wildman–Crippen MR) is 77.3 cm³/mol. The molecule has 2 fully saturated rings. The van der Waals surface area contributed by atoms with Crippen molar-refractivity contribution in [1.29, 1.82) is 0 Å². The fraction of sp³-hybridized carbons (Fsp3) is 0.562. The number of nitrogens with one attached hydrogen (secondary N) is 1. The third-order valence-electron chi connectivity index (χ3n) is 4.92. The van der Waals surface area contributed by atoms with Crippen LogP contribution in [-0.2, 0) is 0 Å². The number of para-hydroxylation sites is 2. The molecule has 0 atom stereocenters. The number of likely N-dealkylation sites (tertiary alicyclic amines) is 1. The SMILES string of the molecule is c1ccc2[nH]c(C3CCN(C4CCC4)CC3)nc2c1. The summed E-state index contributed by atoms with van der Waals surface area (Å²) < 4.78 is 0. The second-order valence-electron chi connectivity index (χ2n) is 6.03. The number of aromatic amines is 1. The molecule has 2 heterocycles. The summed E-state index contributed by atoms with van der Waals surface area (Å²) in [6, 6.07) is 9.25. The van der Waals surface area contributed by atoms with Gasteiger partial charge >= 0.3 is 0 Å². The maximum atomic E-state index is 4.77. The molecule has 0 amide bonds. The minimum absolute atomic E-state index is 0.628. The lowest BCUT2D eigenvalue weighted by Crippen LogP contribution is -2.44. The van der Waals surface area contributed by atoms with Crippen LogP contribution in [0.2, 0.25) is 0 Å². The Morgan fingerprint density at radius 2 is 1.84 bits per heavy atom. The van der Waals surface area contributed by atoms with Gasteiger partial charge in [-0.05, 0) is 50.9 Å². The van der Waals surface area contributed by atoms with E-state index in [-0.39, 0.29) is 0 Å². The van der Waals surface area contributed by atoms with Gasteiger partial charge in [-0.2, -0.15) is 0 Å². The highest BCUT2D eigenvalue weighted by Crippen LogP contribution is 2.32. The quantitative estimate of drug-likeness (QED) is 0.893. The van der Waals surface area contributed by atoms with E-state index in [1.54, 1.807) is 0 Å². The molecule has 3 nitrogen and oxygen atoms in total. The van der Waals surface area contributed by atoms with Gasteiger partial charge in [0.2, 0.25) is 0 Å². The molecule has 1 saturated carbocycles. The Bertz CT molecular complexity index is 529. The normalized spacial score (nSPS) is 22.7. The van der Waals surface area contributed by atoms with Crippen molar-refractivity contribution in [3.8, 4) is 0 Å². The van der Waals surface area contributed by atoms with E-state index in [4.69, 9.17) is 4.98 Å². The summed E-state index contributed by atoms with van der Waals surface area (Å²) in [5.41, 5.74) is 2.29. The standard InChI is InChI=1S/C16H21N3/c1-2-7-15-14(6-1)17-16(18-15)12-8-10-19(11-9-12)13-4-3-5-13/h1-2,6-7,12-13H,3-5,8-11H2,(H,17,18). The molecule has 19 heavy (non-hydrogen) atoms. The Hall–Kier alpha value is -1.35. The van der Waals surface area contributed by atoms with Crippen molar-refractivity contribution >= 4 is 11.0 Å². The van der Waals surface area contributed by atoms with Crippen molar-refractivity contribution in [1.82, 2.24) is 14.9 Å². The van der Waals surface area contributed by atoms with E-state index in [2.05, 4.69) is 34.1 Å². The number of hydrogen-bond acceptors (Lipinski definition) is 2. The van der Waals surface area contributed by atoms with Crippen molar-refractivity contribution in [3.05, 3.63) is 30.1 Å². The van der Waals surface area contributed by atoms with Crippen LogP contribution in [0, 0.1) is 0 Å². The molecule has 1 aliphatic carbocycles. The number of rotatable bonds is 2. The largest absolute Gasteiger partial charge is 0.342 e. The Labute approximate surface area is 114 Å². The van der Waals surface area contributed by atoms with Crippen LogP contribution in [0.4, 0.5) is 0 Å². The minimum atomic E-state index is 0.628. The molecule has 0 bridgehead atoms. The number of nitrogens with zero attached hydrogens (tertiary/aromatic N) is 2. The number of fused-ring (bicyclic) bond motifs is 1. The molecule has 4 rings (SSSR count). The van der Waals surface area contributed by atoms with Crippen LogP contribution < -0.4 is 0 Å². The van der Waals surface area contributed by atoms with Gasteiger partial charge in [0, 0.05) is 12.0 Å². The first kappa shape index (κ1) is 11.5. The van der Waals surface area contributed by atoms with E-state index in [0.29, 0.717) is 5.92 Å². The zero-order chi connectivity index (χ0) is 12.7. The Morgan fingerprint density at radius 3 is 2.53 bits per heavy atom. The molecule has 1 saturated heterocycles. The second kappa shape index (κ2) is 4.64. The number of aromatic nitrogens is 2. The first-order chi connectivity index (χ1) is 9.40. The Kier molecular flexibility index (Phi) is 2.80. The third-order valence-corrected chi connectivity index (χ3v) is 4.92. The number of hydrogen-bond donors (Lipinski definition) is 1. The Balaban J connectivity index is 1.48. The molecule has 100 valence electrons. The zero-order valence-corrected chi connectivity index (χ0v) is 11.3. The third kappa shape index (κ3) is 2.06. The highest BCUT2D eigenvalue weighted by atomic mass is 15.2. The number of piperidine rings is 1. The van der Waals surface area contributed by atoms with Crippen LogP contribution >= 0.6 is 0 Å². The lowest BCUT2D eigenvalue weighted by atomic mass is 9.87. The van der Waals surface area contributed by atoms with Gasteiger partial charge in [0.05, 0.1) is 11.0 Å². The summed E-state index contributed by atoms with van der Waals surface area (Å²) in [6.45, 7) is 2.51. The molecule has 2 aliphatic rings. The summed E-state index contributed by atoms with van der Waals surface area (Å²) in [5, 5.41) is 0. The summed E-state index contributed by atoms with van der Waals surface area (Å²) in [5.74, 6) is 1.83. The maximum absolute atomic E-state index is 4.77. The fourth-order valence-electron chi connectivity index (χ4n) is 3.46. The van der Waals surface area contributed by atoms with Crippen molar-refractivity contribution in [2.24, 2.45) is 0 Å². The van der Waals surface area contributed by atoms with Gasteiger partial charge in [-0.1, -0.05) is 18.6 Å². The second-order valence-corrected chi connectivity index (χ2v) is 6.03. The van der Waals surface area contributed by atoms with Gasteiger partial charge in [0.15, 0.2) is 0 Å². The molecule has 1 aromatic heterocycles. The first-order valence-electron chi connectivity index (χ1n) is 7.59. The molecular weight excluding hydrogens is 234 g/mol. The van der Waals surface area contributed by atoms with Crippen molar-refractivity contribution < 1.29 is 0 Å². The molecular formula is C16H21N3. The van der Waals surface area contributed by atoms with E-state index < -0.39 is 0 Å². The number of H-pyrrole nitrogens is 1. The molecule has 0 unspecified atom stereocenters. The van der Waals surface area contributed by atoms with E-state index in [1.807, 2.05) is 0 Å². The van der Waals surface area contributed by atoms with Gasteiger partial charge < -0.3 is 9.88 Å². The highest BCUT2D eigenvalue weighted by Gasteiger charge is 2.30. The van der Waals surface area contributed by atoms with Gasteiger partial charge in [-0.25, -0.2) is 4.98 Å². The molecule has 3 heteroatoms. The van der Waals surface area contributed by atoms with Crippen molar-refractivity contribution in [2.75, 3.05) is 13.1 Å². The summed E-state index contributed by atoms with van der Waals surface area (Å²) in [6.07, 6.45) is 6.81. The maximum Gasteiger partial charge on any atom is 0.110 e. The minimum Gasteiger partial charge on any atom is -0.342 e. The monoisotopic (exact) mass is 255 g/mol. The fourth-order valence-corrected chi connectivity index (χ4v) is 3.46. The molecule has 1 N–H and O–H groups in total. The Morgan fingerprint density at radius 1 is 1.05 bits per heavy atom. The molecule has 1 aliphatic heterocycles.